The maximum absolute atomic E-state index is 12.3. The van der Waals surface area contributed by atoms with Crippen LogP contribution in [0.5, 0.6) is 0 Å². The van der Waals surface area contributed by atoms with Gasteiger partial charge in [-0.1, -0.05) is 0 Å². The lowest BCUT2D eigenvalue weighted by Crippen LogP contribution is -2.59. The number of amides is 1. The van der Waals surface area contributed by atoms with Gasteiger partial charge in [0.1, 0.15) is 0 Å². The number of ether oxygens (including phenoxy) is 1. The van der Waals surface area contributed by atoms with Gasteiger partial charge < -0.3 is 10.1 Å². The van der Waals surface area contributed by atoms with Crippen LogP contribution in [-0.4, -0.2) is 65.7 Å². The number of rotatable bonds is 4. The molecule has 22 heavy (non-hydrogen) atoms. The van der Waals surface area contributed by atoms with Crippen molar-refractivity contribution >= 4 is 17.7 Å². The minimum atomic E-state index is -0.0305. The number of morpholine rings is 1. The first-order valence-corrected chi connectivity index (χ1v) is 8.96. The number of hydrogen-bond donors (Lipinski definition) is 1. The first-order valence-electron chi connectivity index (χ1n) is 7.81. The van der Waals surface area contributed by atoms with Gasteiger partial charge in [0.25, 0.3) is 5.91 Å². The Kier molecular flexibility index (Phi) is 5.00. The van der Waals surface area contributed by atoms with Gasteiger partial charge in [-0.2, -0.15) is 11.8 Å². The van der Waals surface area contributed by atoms with Crippen LogP contribution in [0.3, 0.4) is 0 Å². The monoisotopic (exact) mass is 321 g/mol. The molecular weight excluding hydrogens is 298 g/mol. The van der Waals surface area contributed by atoms with E-state index in [0.29, 0.717) is 12.1 Å². The highest BCUT2D eigenvalue weighted by atomic mass is 32.2. The number of nitrogens with zero attached hydrogens (tertiary/aromatic N) is 2. The third kappa shape index (κ3) is 3.45. The molecule has 2 fully saturated rings. The molecule has 120 valence electrons. The third-order valence-electron chi connectivity index (χ3n) is 4.52. The fourth-order valence-electron chi connectivity index (χ4n) is 3.08. The van der Waals surface area contributed by atoms with Crippen LogP contribution in [0.1, 0.15) is 22.5 Å². The predicted octanol–water partition coefficient (Wildman–Crippen LogP) is 1.33. The Labute approximate surface area is 135 Å². The summed E-state index contributed by atoms with van der Waals surface area (Å²) in [7, 11) is 0. The van der Waals surface area contributed by atoms with Crippen LogP contribution in [0, 0.1) is 6.92 Å². The summed E-state index contributed by atoms with van der Waals surface area (Å²) in [5.41, 5.74) is 1.64. The summed E-state index contributed by atoms with van der Waals surface area (Å²) in [4.78, 5) is 19.0. The van der Waals surface area contributed by atoms with Crippen molar-refractivity contribution in [3.8, 4) is 0 Å². The minimum Gasteiger partial charge on any atom is -0.379 e. The SMILES string of the molecule is Cc1ccc(C(=O)NC[C@]2(N3CCOCC3)CCSC2)cn1. The highest BCUT2D eigenvalue weighted by Gasteiger charge is 2.40. The molecule has 0 aliphatic carbocycles. The van der Waals surface area contributed by atoms with Crippen molar-refractivity contribution in [2.75, 3.05) is 44.4 Å². The van der Waals surface area contributed by atoms with Crippen molar-refractivity contribution in [3.05, 3.63) is 29.6 Å². The Morgan fingerprint density at radius 3 is 2.91 bits per heavy atom. The molecule has 6 heteroatoms. The van der Waals surface area contributed by atoms with Gasteiger partial charge in [-0.05, 0) is 31.2 Å². The second kappa shape index (κ2) is 6.98. The number of nitrogens with one attached hydrogen (secondary N) is 1. The molecule has 1 N–H and O–H groups in total. The molecule has 1 amide bonds. The summed E-state index contributed by atoms with van der Waals surface area (Å²) in [5.74, 6) is 2.22. The number of hydrogen-bond acceptors (Lipinski definition) is 5. The molecule has 2 saturated heterocycles. The molecule has 1 aromatic rings. The normalized spacial score (nSPS) is 26.0. The average Bonchev–Trinajstić information content (AvgIpc) is 3.04. The van der Waals surface area contributed by atoms with Crippen LogP contribution < -0.4 is 5.32 Å². The van der Waals surface area contributed by atoms with E-state index in [9.17, 15) is 4.79 Å². The molecule has 1 aromatic heterocycles. The second-order valence-corrected chi connectivity index (χ2v) is 7.10. The lowest BCUT2D eigenvalue weighted by Gasteiger charge is -2.43. The highest BCUT2D eigenvalue weighted by Crippen LogP contribution is 2.33. The first-order chi connectivity index (χ1) is 10.7. The van der Waals surface area contributed by atoms with Crippen molar-refractivity contribution in [3.63, 3.8) is 0 Å². The van der Waals surface area contributed by atoms with Crippen molar-refractivity contribution in [1.82, 2.24) is 15.2 Å². The molecule has 0 unspecified atom stereocenters. The van der Waals surface area contributed by atoms with Crippen LogP contribution >= 0.6 is 11.8 Å². The van der Waals surface area contributed by atoms with Crippen molar-refractivity contribution in [2.24, 2.45) is 0 Å². The summed E-state index contributed by atoms with van der Waals surface area (Å²) in [6.07, 6.45) is 2.78. The highest BCUT2D eigenvalue weighted by molar-refractivity contribution is 7.99. The topological polar surface area (TPSA) is 54.5 Å². The number of thioether (sulfide) groups is 1. The van der Waals surface area contributed by atoms with Gasteiger partial charge in [0.05, 0.1) is 18.8 Å². The van der Waals surface area contributed by atoms with Gasteiger partial charge >= 0.3 is 0 Å². The Hall–Kier alpha value is -1.11. The van der Waals surface area contributed by atoms with E-state index in [0.717, 1.165) is 44.2 Å². The van der Waals surface area contributed by atoms with Crippen LogP contribution in [0.4, 0.5) is 0 Å². The number of aromatic nitrogens is 1. The second-order valence-electron chi connectivity index (χ2n) is 6.00. The zero-order chi connectivity index (χ0) is 15.4. The number of carbonyl (C=O) groups is 1. The summed E-state index contributed by atoms with van der Waals surface area (Å²) in [5, 5.41) is 3.12. The van der Waals surface area contributed by atoms with E-state index < -0.39 is 0 Å². The van der Waals surface area contributed by atoms with E-state index in [2.05, 4.69) is 15.2 Å². The van der Waals surface area contributed by atoms with E-state index in [1.54, 1.807) is 6.20 Å². The molecule has 0 saturated carbocycles. The summed E-state index contributed by atoms with van der Waals surface area (Å²) in [6.45, 7) is 6.13. The van der Waals surface area contributed by atoms with Crippen LogP contribution in [0.25, 0.3) is 0 Å². The molecule has 2 aliphatic rings. The Bertz CT molecular complexity index is 509. The van der Waals surface area contributed by atoms with Gasteiger partial charge in [0, 0.05) is 42.8 Å². The average molecular weight is 321 g/mol. The van der Waals surface area contributed by atoms with E-state index in [4.69, 9.17) is 4.74 Å². The quantitative estimate of drug-likeness (QED) is 0.907. The lowest BCUT2D eigenvalue weighted by atomic mass is 9.95. The standard InChI is InChI=1S/C16H23N3O2S/c1-13-2-3-14(10-17-13)15(20)18-11-16(4-9-22-12-16)19-5-7-21-8-6-19/h2-3,10H,4-9,11-12H2,1H3,(H,18,20)/t16-/m1/s1. The van der Waals surface area contributed by atoms with Gasteiger partial charge in [-0.15, -0.1) is 0 Å². The summed E-state index contributed by atoms with van der Waals surface area (Å²) in [6, 6.07) is 3.71. The molecular formula is C16H23N3O2S. The molecule has 5 nitrogen and oxygen atoms in total. The van der Waals surface area contributed by atoms with E-state index in [1.165, 1.54) is 5.75 Å². The maximum atomic E-state index is 12.3. The molecule has 0 spiro atoms. The number of carbonyl (C=O) groups excluding carboxylic acids is 1. The fourth-order valence-corrected chi connectivity index (χ4v) is 4.56. The predicted molar refractivity (Wildman–Crippen MR) is 88.4 cm³/mol. The maximum Gasteiger partial charge on any atom is 0.252 e. The summed E-state index contributed by atoms with van der Waals surface area (Å²) < 4.78 is 5.47. The number of pyridine rings is 1. The molecule has 0 bridgehead atoms. The van der Waals surface area contributed by atoms with E-state index in [-0.39, 0.29) is 11.4 Å². The van der Waals surface area contributed by atoms with Gasteiger partial charge in [-0.25, -0.2) is 0 Å². The number of aryl methyl sites for hydroxylation is 1. The molecule has 0 aromatic carbocycles. The molecule has 3 rings (SSSR count). The lowest BCUT2D eigenvalue weighted by molar-refractivity contribution is -0.0129. The molecule has 0 radical (unpaired) electrons. The van der Waals surface area contributed by atoms with Crippen molar-refractivity contribution in [1.29, 1.82) is 0 Å². The van der Waals surface area contributed by atoms with Gasteiger partial charge in [0.2, 0.25) is 0 Å². The smallest absolute Gasteiger partial charge is 0.252 e. The zero-order valence-corrected chi connectivity index (χ0v) is 13.8. The molecule has 1 atom stereocenters. The van der Waals surface area contributed by atoms with Crippen molar-refractivity contribution < 1.29 is 9.53 Å². The minimum absolute atomic E-state index is 0.0305. The first kappa shape index (κ1) is 15.8. The van der Waals surface area contributed by atoms with Crippen molar-refractivity contribution in [2.45, 2.75) is 18.9 Å². The zero-order valence-electron chi connectivity index (χ0n) is 13.0. The summed E-state index contributed by atoms with van der Waals surface area (Å²) >= 11 is 1.98. The Morgan fingerprint density at radius 1 is 1.45 bits per heavy atom. The van der Waals surface area contributed by atoms with E-state index >= 15 is 0 Å². The Balaban J connectivity index is 1.64. The fraction of sp³-hybridized carbons (Fsp3) is 0.625. The van der Waals surface area contributed by atoms with E-state index in [1.807, 2.05) is 30.8 Å². The van der Waals surface area contributed by atoms with Gasteiger partial charge in [0.15, 0.2) is 0 Å². The third-order valence-corrected chi connectivity index (χ3v) is 5.75. The van der Waals surface area contributed by atoms with Crippen LogP contribution in [0.15, 0.2) is 18.3 Å². The van der Waals surface area contributed by atoms with Crippen LogP contribution in [-0.2, 0) is 4.74 Å². The van der Waals surface area contributed by atoms with Gasteiger partial charge in [-0.3, -0.25) is 14.7 Å². The largest absolute Gasteiger partial charge is 0.379 e. The van der Waals surface area contributed by atoms with Crippen LogP contribution in [0.2, 0.25) is 0 Å². The Morgan fingerprint density at radius 2 is 2.27 bits per heavy atom. The molecule has 3 heterocycles. The molecule has 2 aliphatic heterocycles.